The van der Waals surface area contributed by atoms with Crippen molar-refractivity contribution in [1.29, 1.82) is 0 Å². The minimum atomic E-state index is 0.427. The van der Waals surface area contributed by atoms with Crippen molar-refractivity contribution in [1.82, 2.24) is 10.3 Å². The average Bonchev–Trinajstić information content (AvgIpc) is 2.96. The van der Waals surface area contributed by atoms with Gasteiger partial charge in [-0.1, -0.05) is 6.92 Å². The molecule has 1 aliphatic rings. The Balaban J connectivity index is 1.96. The van der Waals surface area contributed by atoms with Crippen LogP contribution in [0, 0.1) is 12.8 Å². The van der Waals surface area contributed by atoms with E-state index in [1.54, 1.807) is 0 Å². The van der Waals surface area contributed by atoms with Gasteiger partial charge in [-0.05, 0) is 39.2 Å². The summed E-state index contributed by atoms with van der Waals surface area (Å²) in [5.74, 6) is 0.683. The maximum Gasteiger partial charge on any atom is 0.0935 e. The molecule has 0 aliphatic carbocycles. The van der Waals surface area contributed by atoms with E-state index >= 15 is 0 Å². The number of aryl methyl sites for hydroxylation is 1. The topological polar surface area (TPSA) is 34.1 Å². The summed E-state index contributed by atoms with van der Waals surface area (Å²) in [6.07, 6.45) is 3.46. The first-order valence-electron chi connectivity index (χ1n) is 6.98. The predicted molar refractivity (Wildman–Crippen MR) is 76.2 cm³/mol. The Hall–Kier alpha value is -0.450. The Morgan fingerprint density at radius 1 is 1.56 bits per heavy atom. The summed E-state index contributed by atoms with van der Waals surface area (Å²) in [4.78, 5) is 6.13. The van der Waals surface area contributed by atoms with Gasteiger partial charge >= 0.3 is 0 Å². The maximum absolute atomic E-state index is 5.43. The smallest absolute Gasteiger partial charge is 0.0935 e. The number of thiazole rings is 1. The maximum atomic E-state index is 5.43. The van der Waals surface area contributed by atoms with Crippen molar-refractivity contribution in [2.45, 2.75) is 46.1 Å². The van der Waals surface area contributed by atoms with Crippen LogP contribution in [0.4, 0.5) is 0 Å². The van der Waals surface area contributed by atoms with Crippen LogP contribution in [-0.2, 0) is 11.2 Å². The summed E-state index contributed by atoms with van der Waals surface area (Å²) >= 11 is 1.88. The van der Waals surface area contributed by atoms with Gasteiger partial charge < -0.3 is 10.1 Å². The fraction of sp³-hybridized carbons (Fsp3) is 0.786. The van der Waals surface area contributed by atoms with Gasteiger partial charge in [0.25, 0.3) is 0 Å². The number of hydrogen-bond donors (Lipinski definition) is 1. The van der Waals surface area contributed by atoms with Crippen LogP contribution in [0.5, 0.6) is 0 Å². The molecule has 2 unspecified atom stereocenters. The fourth-order valence-corrected chi connectivity index (χ4v) is 3.61. The molecule has 1 N–H and O–H groups in total. The first kappa shape index (κ1) is 14.0. The molecule has 4 heteroatoms. The summed E-state index contributed by atoms with van der Waals surface area (Å²) in [6.45, 7) is 9.48. The van der Waals surface area contributed by atoms with E-state index in [2.05, 4.69) is 26.1 Å². The molecule has 0 aromatic carbocycles. The first-order chi connectivity index (χ1) is 8.70. The minimum absolute atomic E-state index is 0.427. The molecule has 1 fully saturated rings. The minimum Gasteiger partial charge on any atom is -0.381 e. The number of ether oxygens (including phenoxy) is 1. The molecule has 2 heterocycles. The Bertz CT molecular complexity index is 372. The van der Waals surface area contributed by atoms with Crippen molar-refractivity contribution in [3.63, 3.8) is 0 Å². The molecular formula is C14H24N2OS. The van der Waals surface area contributed by atoms with Crippen molar-refractivity contribution in [2.24, 2.45) is 5.92 Å². The van der Waals surface area contributed by atoms with Gasteiger partial charge in [0, 0.05) is 30.6 Å². The number of aromatic nitrogens is 1. The SMILES string of the molecule is CCCNC(C)c1sc(CC2CCOC2)nc1C. The standard InChI is InChI=1S/C14H24N2OS/c1-4-6-15-10(2)14-11(3)16-13(18-14)8-12-5-7-17-9-12/h10,12,15H,4-9H2,1-3H3. The van der Waals surface area contributed by atoms with Gasteiger partial charge in [0.15, 0.2) is 0 Å². The van der Waals surface area contributed by atoms with E-state index in [1.807, 2.05) is 11.3 Å². The number of nitrogens with one attached hydrogen (secondary N) is 1. The zero-order valence-corrected chi connectivity index (χ0v) is 12.5. The number of rotatable bonds is 6. The highest BCUT2D eigenvalue weighted by Gasteiger charge is 2.20. The highest BCUT2D eigenvalue weighted by atomic mass is 32.1. The molecule has 0 spiro atoms. The lowest BCUT2D eigenvalue weighted by Crippen LogP contribution is -2.18. The predicted octanol–water partition coefficient (Wildman–Crippen LogP) is 3.09. The van der Waals surface area contributed by atoms with Gasteiger partial charge in [-0.2, -0.15) is 0 Å². The molecular weight excluding hydrogens is 244 g/mol. The second-order valence-electron chi connectivity index (χ2n) is 5.17. The highest BCUT2D eigenvalue weighted by Crippen LogP contribution is 2.28. The molecule has 18 heavy (non-hydrogen) atoms. The van der Waals surface area contributed by atoms with Gasteiger partial charge in [0.05, 0.1) is 10.7 Å². The molecule has 1 saturated heterocycles. The Morgan fingerprint density at radius 3 is 3.06 bits per heavy atom. The van der Waals surface area contributed by atoms with E-state index in [1.165, 1.54) is 28.4 Å². The average molecular weight is 268 g/mol. The molecule has 0 amide bonds. The summed E-state index contributed by atoms with van der Waals surface area (Å²) in [5, 5.41) is 4.82. The molecule has 1 aromatic rings. The van der Waals surface area contributed by atoms with E-state index in [0.29, 0.717) is 12.0 Å². The summed E-state index contributed by atoms with van der Waals surface area (Å²) in [6, 6.07) is 0.427. The van der Waals surface area contributed by atoms with E-state index < -0.39 is 0 Å². The quantitative estimate of drug-likeness (QED) is 0.861. The van der Waals surface area contributed by atoms with Crippen LogP contribution in [0.3, 0.4) is 0 Å². The lowest BCUT2D eigenvalue weighted by atomic mass is 10.1. The zero-order chi connectivity index (χ0) is 13.0. The van der Waals surface area contributed by atoms with Crippen LogP contribution in [0.2, 0.25) is 0 Å². The van der Waals surface area contributed by atoms with E-state index in [0.717, 1.165) is 26.2 Å². The second kappa shape index (κ2) is 6.64. The third-order valence-electron chi connectivity index (χ3n) is 3.46. The molecule has 1 aromatic heterocycles. The molecule has 2 atom stereocenters. The Labute approximate surface area is 114 Å². The van der Waals surface area contributed by atoms with Crippen molar-refractivity contribution in [2.75, 3.05) is 19.8 Å². The number of nitrogens with zero attached hydrogens (tertiary/aromatic N) is 1. The lowest BCUT2D eigenvalue weighted by molar-refractivity contribution is 0.186. The summed E-state index contributed by atoms with van der Waals surface area (Å²) in [7, 11) is 0. The zero-order valence-electron chi connectivity index (χ0n) is 11.7. The van der Waals surface area contributed by atoms with Crippen LogP contribution in [0.15, 0.2) is 0 Å². The van der Waals surface area contributed by atoms with Gasteiger partial charge in [-0.3, -0.25) is 0 Å². The molecule has 2 rings (SSSR count). The molecule has 102 valence electrons. The summed E-state index contributed by atoms with van der Waals surface area (Å²) in [5.41, 5.74) is 1.20. The first-order valence-corrected chi connectivity index (χ1v) is 7.79. The normalized spacial score (nSPS) is 21.4. The lowest BCUT2D eigenvalue weighted by Gasteiger charge is -2.11. The second-order valence-corrected chi connectivity index (χ2v) is 6.28. The van der Waals surface area contributed by atoms with Crippen LogP contribution in [0.25, 0.3) is 0 Å². The molecule has 1 aliphatic heterocycles. The summed E-state index contributed by atoms with van der Waals surface area (Å²) < 4.78 is 5.43. The van der Waals surface area contributed by atoms with Gasteiger partial charge in [-0.15, -0.1) is 11.3 Å². The van der Waals surface area contributed by atoms with Crippen molar-refractivity contribution in [3.05, 3.63) is 15.6 Å². The van der Waals surface area contributed by atoms with E-state index in [9.17, 15) is 0 Å². The Kier molecular flexibility index (Phi) is 5.15. The van der Waals surface area contributed by atoms with Crippen LogP contribution in [0.1, 0.15) is 48.3 Å². The third-order valence-corrected chi connectivity index (χ3v) is 4.82. The van der Waals surface area contributed by atoms with Crippen LogP contribution in [-0.4, -0.2) is 24.7 Å². The van der Waals surface area contributed by atoms with Gasteiger partial charge in [-0.25, -0.2) is 4.98 Å². The molecule has 0 radical (unpaired) electrons. The molecule has 3 nitrogen and oxygen atoms in total. The fourth-order valence-electron chi connectivity index (χ4n) is 2.40. The largest absolute Gasteiger partial charge is 0.381 e. The van der Waals surface area contributed by atoms with Crippen LogP contribution < -0.4 is 5.32 Å². The molecule has 0 saturated carbocycles. The van der Waals surface area contributed by atoms with Crippen LogP contribution >= 0.6 is 11.3 Å². The van der Waals surface area contributed by atoms with Crippen molar-refractivity contribution < 1.29 is 4.74 Å². The number of hydrogen-bond acceptors (Lipinski definition) is 4. The van der Waals surface area contributed by atoms with Gasteiger partial charge in [0.2, 0.25) is 0 Å². The Morgan fingerprint density at radius 2 is 2.39 bits per heavy atom. The third kappa shape index (κ3) is 3.53. The molecule has 0 bridgehead atoms. The highest BCUT2D eigenvalue weighted by molar-refractivity contribution is 7.11. The van der Waals surface area contributed by atoms with E-state index in [-0.39, 0.29) is 0 Å². The van der Waals surface area contributed by atoms with E-state index in [4.69, 9.17) is 9.72 Å². The van der Waals surface area contributed by atoms with Crippen molar-refractivity contribution in [3.8, 4) is 0 Å². The van der Waals surface area contributed by atoms with Crippen molar-refractivity contribution >= 4 is 11.3 Å². The monoisotopic (exact) mass is 268 g/mol. The van der Waals surface area contributed by atoms with Gasteiger partial charge in [0.1, 0.15) is 0 Å².